The molecule has 2 aromatic rings. The van der Waals surface area contributed by atoms with E-state index in [2.05, 4.69) is 6.92 Å². The van der Waals surface area contributed by atoms with E-state index in [0.717, 1.165) is 25.2 Å². The lowest BCUT2D eigenvalue weighted by Gasteiger charge is -2.21. The third-order valence-electron chi connectivity index (χ3n) is 4.77. The molecule has 0 radical (unpaired) electrons. The van der Waals surface area contributed by atoms with Crippen molar-refractivity contribution in [2.75, 3.05) is 24.6 Å². The molecule has 0 heterocycles. The number of hydrogen-bond acceptors (Lipinski definition) is 5. The zero-order valence-electron chi connectivity index (χ0n) is 18.1. The lowest BCUT2D eigenvalue weighted by atomic mass is 9.97. The van der Waals surface area contributed by atoms with Gasteiger partial charge in [-0.1, -0.05) is 44.4 Å². The summed E-state index contributed by atoms with van der Waals surface area (Å²) in [4.78, 5) is 25.9. The number of aromatic hydroxyl groups is 1. The molecule has 6 nitrogen and oxygen atoms in total. The lowest BCUT2D eigenvalue weighted by Crippen LogP contribution is -2.21. The topological polar surface area (TPSA) is 98.1 Å². The van der Waals surface area contributed by atoms with Crippen LogP contribution in [0.3, 0.4) is 0 Å². The molecule has 3 N–H and O–H groups in total. The number of carboxylic acids is 1. The van der Waals surface area contributed by atoms with E-state index in [0.29, 0.717) is 6.61 Å². The van der Waals surface area contributed by atoms with Gasteiger partial charge in [-0.15, -0.1) is 0 Å². The monoisotopic (exact) mass is 415 g/mol. The number of aliphatic hydroxyl groups excluding tert-OH is 1. The van der Waals surface area contributed by atoms with Crippen LogP contribution in [0.25, 0.3) is 0 Å². The van der Waals surface area contributed by atoms with Crippen molar-refractivity contribution in [3.63, 3.8) is 0 Å². The number of ketones is 1. The molecule has 0 saturated carbocycles. The first-order valence-corrected chi connectivity index (χ1v) is 10.5. The summed E-state index contributed by atoms with van der Waals surface area (Å²) in [7, 11) is 0. The van der Waals surface area contributed by atoms with Gasteiger partial charge in [-0.25, -0.2) is 4.79 Å². The Morgan fingerprint density at radius 2 is 1.50 bits per heavy atom. The molecule has 0 amide bonds. The summed E-state index contributed by atoms with van der Waals surface area (Å²) in [6.45, 7) is 8.10. The van der Waals surface area contributed by atoms with Gasteiger partial charge in [-0.2, -0.15) is 0 Å². The van der Waals surface area contributed by atoms with E-state index >= 15 is 0 Å². The number of carbonyl (C=O) groups excluding carboxylic acids is 1. The summed E-state index contributed by atoms with van der Waals surface area (Å²) in [6.07, 6.45) is 4.68. The van der Waals surface area contributed by atoms with Crippen LogP contribution < -0.4 is 4.90 Å². The van der Waals surface area contributed by atoms with Crippen molar-refractivity contribution in [3.05, 3.63) is 59.2 Å². The van der Waals surface area contributed by atoms with E-state index in [1.807, 2.05) is 18.7 Å². The van der Waals surface area contributed by atoms with Crippen molar-refractivity contribution in [3.8, 4) is 5.75 Å². The van der Waals surface area contributed by atoms with Gasteiger partial charge in [-0.3, -0.25) is 4.79 Å². The molecule has 164 valence electrons. The van der Waals surface area contributed by atoms with Gasteiger partial charge >= 0.3 is 5.97 Å². The maximum Gasteiger partial charge on any atom is 0.336 e. The van der Waals surface area contributed by atoms with Crippen molar-refractivity contribution >= 4 is 17.4 Å². The maximum absolute atomic E-state index is 12.6. The molecule has 0 atom stereocenters. The summed E-state index contributed by atoms with van der Waals surface area (Å²) in [5, 5.41) is 27.7. The molecule has 0 fully saturated rings. The summed E-state index contributed by atoms with van der Waals surface area (Å²) >= 11 is 0. The fourth-order valence-electron chi connectivity index (χ4n) is 3.05. The van der Waals surface area contributed by atoms with Gasteiger partial charge in [-0.05, 0) is 38.5 Å². The molecular formula is C24H33NO5. The fraction of sp³-hybridized carbons (Fsp3) is 0.417. The fourth-order valence-corrected chi connectivity index (χ4v) is 3.05. The molecule has 6 heteroatoms. The Morgan fingerprint density at radius 1 is 0.867 bits per heavy atom. The molecule has 0 unspecified atom stereocenters. The Balaban J connectivity index is 0.000000553. The molecule has 30 heavy (non-hydrogen) atoms. The quantitative estimate of drug-likeness (QED) is 0.383. The van der Waals surface area contributed by atoms with Crippen molar-refractivity contribution in [1.29, 1.82) is 0 Å². The first kappa shape index (κ1) is 25.2. The Bertz CT molecular complexity index is 811. The Kier molecular flexibility index (Phi) is 11.2. The third-order valence-corrected chi connectivity index (χ3v) is 4.77. The van der Waals surface area contributed by atoms with Crippen molar-refractivity contribution < 1.29 is 24.9 Å². The first-order chi connectivity index (χ1) is 14.4. The van der Waals surface area contributed by atoms with Gasteiger partial charge in [0.2, 0.25) is 0 Å². The predicted octanol–water partition coefficient (Wildman–Crippen LogP) is 4.73. The maximum atomic E-state index is 12.6. The van der Waals surface area contributed by atoms with Crippen LogP contribution >= 0.6 is 0 Å². The van der Waals surface area contributed by atoms with Crippen LogP contribution in [0.1, 0.15) is 72.7 Å². The largest absolute Gasteiger partial charge is 0.507 e. The minimum Gasteiger partial charge on any atom is -0.507 e. The summed E-state index contributed by atoms with van der Waals surface area (Å²) in [5.41, 5.74) is 0.890. The van der Waals surface area contributed by atoms with Crippen LogP contribution in [0, 0.1) is 0 Å². The van der Waals surface area contributed by atoms with Gasteiger partial charge in [0.15, 0.2) is 5.78 Å². The smallest absolute Gasteiger partial charge is 0.336 e. The second kappa shape index (κ2) is 13.4. The van der Waals surface area contributed by atoms with Gasteiger partial charge in [0, 0.05) is 37.0 Å². The Labute approximate surface area is 178 Å². The van der Waals surface area contributed by atoms with Gasteiger partial charge < -0.3 is 20.2 Å². The number of carboxylic acid groups (broad SMARTS) is 1. The summed E-state index contributed by atoms with van der Waals surface area (Å²) in [5.74, 6) is -1.83. The lowest BCUT2D eigenvalue weighted by molar-refractivity contribution is 0.0692. The molecule has 0 aliphatic carbocycles. The number of benzene rings is 2. The summed E-state index contributed by atoms with van der Waals surface area (Å²) in [6, 6.07) is 10.8. The van der Waals surface area contributed by atoms with E-state index in [9.17, 15) is 19.8 Å². The number of aliphatic hydroxyl groups is 1. The SMILES string of the molecule is CCCCCCO.CCN(CC)c1ccc(C(=O)c2ccccc2C(=O)O)c(O)c1. The molecule has 0 saturated heterocycles. The molecule has 0 aliphatic rings. The van der Waals surface area contributed by atoms with Crippen LogP contribution in [0.2, 0.25) is 0 Å². The van der Waals surface area contributed by atoms with Gasteiger partial charge in [0.05, 0.1) is 11.1 Å². The highest BCUT2D eigenvalue weighted by atomic mass is 16.4. The van der Waals surface area contributed by atoms with Crippen LogP contribution in [0.4, 0.5) is 5.69 Å². The third kappa shape index (κ3) is 7.19. The van der Waals surface area contributed by atoms with Crippen LogP contribution in [0.5, 0.6) is 5.75 Å². The molecule has 0 spiro atoms. The Hall–Kier alpha value is -2.86. The highest BCUT2D eigenvalue weighted by Gasteiger charge is 2.20. The van der Waals surface area contributed by atoms with E-state index in [4.69, 9.17) is 5.11 Å². The van der Waals surface area contributed by atoms with Crippen LogP contribution in [-0.4, -0.2) is 46.8 Å². The Morgan fingerprint density at radius 3 is 2.00 bits per heavy atom. The highest BCUT2D eigenvalue weighted by molar-refractivity contribution is 6.15. The molecule has 0 aromatic heterocycles. The molecule has 2 rings (SSSR count). The zero-order valence-corrected chi connectivity index (χ0v) is 18.1. The molecule has 0 bridgehead atoms. The average Bonchev–Trinajstić information content (AvgIpc) is 2.75. The average molecular weight is 416 g/mol. The van der Waals surface area contributed by atoms with Gasteiger partial charge in [0.1, 0.15) is 5.75 Å². The molecule has 0 aliphatic heterocycles. The number of phenolic OH excluding ortho intramolecular Hbond substituents is 1. The number of anilines is 1. The second-order valence-electron chi connectivity index (χ2n) is 6.84. The molecular weight excluding hydrogens is 382 g/mol. The van der Waals surface area contributed by atoms with E-state index < -0.39 is 11.8 Å². The normalized spacial score (nSPS) is 10.1. The molecule has 2 aromatic carbocycles. The first-order valence-electron chi connectivity index (χ1n) is 10.5. The van der Waals surface area contributed by atoms with E-state index in [1.54, 1.807) is 18.2 Å². The van der Waals surface area contributed by atoms with Crippen molar-refractivity contribution in [2.45, 2.75) is 46.5 Å². The number of phenols is 1. The number of unbranched alkanes of at least 4 members (excludes halogenated alkanes) is 3. The standard InChI is InChI=1S/C18H19NO4.C6H14O/c1-3-19(4-2)12-9-10-15(16(20)11-12)17(21)13-7-5-6-8-14(13)18(22)23;1-2-3-4-5-6-7/h5-11,20H,3-4H2,1-2H3,(H,22,23);7H,2-6H2,1H3. The van der Waals surface area contributed by atoms with Crippen LogP contribution in [0.15, 0.2) is 42.5 Å². The number of nitrogens with zero attached hydrogens (tertiary/aromatic N) is 1. The zero-order chi connectivity index (χ0) is 22.5. The number of hydrogen-bond donors (Lipinski definition) is 3. The van der Waals surface area contributed by atoms with E-state index in [-0.39, 0.29) is 22.4 Å². The van der Waals surface area contributed by atoms with Crippen LogP contribution in [-0.2, 0) is 0 Å². The summed E-state index contributed by atoms with van der Waals surface area (Å²) < 4.78 is 0. The number of carbonyl (C=O) groups is 2. The minimum absolute atomic E-state index is 0.0610. The predicted molar refractivity (Wildman–Crippen MR) is 120 cm³/mol. The van der Waals surface area contributed by atoms with Crippen molar-refractivity contribution in [1.82, 2.24) is 0 Å². The minimum atomic E-state index is -1.17. The van der Waals surface area contributed by atoms with Gasteiger partial charge in [0.25, 0.3) is 0 Å². The number of aromatic carboxylic acids is 1. The second-order valence-corrected chi connectivity index (χ2v) is 6.84. The van der Waals surface area contributed by atoms with Crippen molar-refractivity contribution in [2.24, 2.45) is 0 Å². The highest BCUT2D eigenvalue weighted by Crippen LogP contribution is 2.27. The van der Waals surface area contributed by atoms with E-state index in [1.165, 1.54) is 43.5 Å². The number of rotatable bonds is 10.